The summed E-state index contributed by atoms with van der Waals surface area (Å²) in [6, 6.07) is 0. The van der Waals surface area contributed by atoms with Crippen LogP contribution >= 0.6 is 0 Å². The average Bonchev–Trinajstić information content (AvgIpc) is 2.12. The van der Waals surface area contributed by atoms with Crippen LogP contribution in [0.1, 0.15) is 0 Å². The van der Waals surface area contributed by atoms with Crippen LogP contribution in [0.15, 0.2) is 10.9 Å². The molecule has 0 heterocycles. The van der Waals surface area contributed by atoms with Crippen molar-refractivity contribution in [2.75, 3.05) is 14.2 Å². The van der Waals surface area contributed by atoms with Crippen LogP contribution in [0.5, 0.6) is 0 Å². The molecule has 6 heteroatoms. The van der Waals surface area contributed by atoms with E-state index >= 15 is 0 Å². The second kappa shape index (κ2) is 4.64. The molecule has 0 amide bonds. The quantitative estimate of drug-likeness (QED) is 0.294. The van der Waals surface area contributed by atoms with Crippen LogP contribution in [-0.4, -0.2) is 41.9 Å². The summed E-state index contributed by atoms with van der Waals surface area (Å²) in [7, 11) is 12.5. The molecule has 0 fully saturated rings. The fraction of sp³-hybridized carbons (Fsp3) is 0.333. The Morgan fingerprint density at radius 3 is 1.33 bits per heavy atom. The first kappa shape index (κ1) is 10.8. The Labute approximate surface area is 72.7 Å². The van der Waals surface area contributed by atoms with Crippen LogP contribution in [0.3, 0.4) is 0 Å². The van der Waals surface area contributed by atoms with Gasteiger partial charge in [0.05, 0.1) is 14.2 Å². The van der Waals surface area contributed by atoms with Crippen molar-refractivity contribution in [1.82, 2.24) is 0 Å². The summed E-state index contributed by atoms with van der Waals surface area (Å²) >= 11 is 0. The molecule has 0 aliphatic carbocycles. The number of ether oxygens (including phenoxy) is 2. The van der Waals surface area contributed by atoms with Gasteiger partial charge in [-0.15, -0.1) is 0 Å². The lowest BCUT2D eigenvalue weighted by Gasteiger charge is -2.04. The van der Waals surface area contributed by atoms with Crippen LogP contribution in [0.4, 0.5) is 0 Å². The Morgan fingerprint density at radius 1 is 0.917 bits per heavy atom. The van der Waals surface area contributed by atoms with E-state index in [0.717, 1.165) is 14.2 Å². The first-order chi connectivity index (χ1) is 5.54. The third kappa shape index (κ3) is 2.45. The van der Waals surface area contributed by atoms with E-state index in [4.69, 9.17) is 15.7 Å². The van der Waals surface area contributed by atoms with Gasteiger partial charge in [-0.25, -0.2) is 9.59 Å². The zero-order chi connectivity index (χ0) is 9.72. The van der Waals surface area contributed by atoms with Gasteiger partial charge < -0.3 is 9.47 Å². The predicted molar refractivity (Wildman–Crippen MR) is 42.6 cm³/mol. The molecule has 12 heavy (non-hydrogen) atoms. The van der Waals surface area contributed by atoms with E-state index in [0.29, 0.717) is 0 Å². The molecule has 4 nitrogen and oxygen atoms in total. The van der Waals surface area contributed by atoms with Crippen LogP contribution in [0.2, 0.25) is 0 Å². The van der Waals surface area contributed by atoms with Gasteiger partial charge in [-0.05, 0) is 10.9 Å². The van der Waals surface area contributed by atoms with E-state index in [1.54, 1.807) is 0 Å². The van der Waals surface area contributed by atoms with Crippen molar-refractivity contribution in [2.24, 2.45) is 0 Å². The van der Waals surface area contributed by atoms with Gasteiger partial charge in [0, 0.05) is 0 Å². The number of methoxy groups -OCH3 is 2. The lowest BCUT2D eigenvalue weighted by atomic mass is 9.80. The van der Waals surface area contributed by atoms with Gasteiger partial charge in [0.2, 0.25) is 0 Å². The van der Waals surface area contributed by atoms with Gasteiger partial charge in [0.25, 0.3) is 0 Å². The normalized spacial score (nSPS) is 11.5. The van der Waals surface area contributed by atoms with Crippen LogP contribution in [-0.2, 0) is 19.1 Å². The second-order valence-corrected chi connectivity index (χ2v) is 1.81. The van der Waals surface area contributed by atoms with Crippen molar-refractivity contribution in [1.29, 1.82) is 0 Å². The highest BCUT2D eigenvalue weighted by Crippen LogP contribution is 2.00. The van der Waals surface area contributed by atoms with Gasteiger partial charge in [0.1, 0.15) is 15.7 Å². The minimum atomic E-state index is -0.863. The number of hydrogen-bond acceptors (Lipinski definition) is 4. The van der Waals surface area contributed by atoms with Gasteiger partial charge in [0.15, 0.2) is 0 Å². The van der Waals surface area contributed by atoms with E-state index in [1.165, 1.54) is 0 Å². The predicted octanol–water partition coefficient (Wildman–Crippen LogP) is -1.12. The molecule has 0 bridgehead atoms. The topological polar surface area (TPSA) is 52.6 Å². The van der Waals surface area contributed by atoms with Crippen LogP contribution < -0.4 is 0 Å². The average molecular weight is 164 g/mol. The van der Waals surface area contributed by atoms with Crippen molar-refractivity contribution in [2.45, 2.75) is 0 Å². The molecule has 0 N–H and O–H groups in total. The molecule has 0 saturated carbocycles. The molecular weight excluding hydrogens is 158 g/mol. The molecule has 0 aromatic rings. The third-order valence-corrected chi connectivity index (χ3v) is 1.10. The van der Waals surface area contributed by atoms with E-state index in [2.05, 4.69) is 9.47 Å². The maximum atomic E-state index is 10.7. The van der Waals surface area contributed by atoms with Gasteiger partial charge >= 0.3 is 11.9 Å². The number of rotatable bonds is 2. The smallest absolute Gasteiger partial charge is 0.322 e. The van der Waals surface area contributed by atoms with Gasteiger partial charge in [-0.1, -0.05) is 0 Å². The van der Waals surface area contributed by atoms with Crippen molar-refractivity contribution >= 4 is 27.6 Å². The van der Waals surface area contributed by atoms with E-state index < -0.39 is 22.9 Å². The molecule has 0 spiro atoms. The standard InChI is InChI=1S/C6H6B2O4/c1-11-5(9)3(7)4(8)6(10)12-2/h1-2H3/b4-3+. The molecular formula is C6H6B2O4. The first-order valence-electron chi connectivity index (χ1n) is 2.96. The minimum Gasteiger partial charge on any atom is -0.466 e. The molecule has 0 rings (SSSR count). The van der Waals surface area contributed by atoms with Crippen molar-refractivity contribution in [3.8, 4) is 0 Å². The number of esters is 2. The van der Waals surface area contributed by atoms with E-state index in [9.17, 15) is 9.59 Å². The second-order valence-electron chi connectivity index (χ2n) is 1.81. The van der Waals surface area contributed by atoms with Crippen molar-refractivity contribution in [3.05, 3.63) is 10.9 Å². The maximum Gasteiger partial charge on any atom is 0.322 e. The summed E-state index contributed by atoms with van der Waals surface area (Å²) in [6.45, 7) is 0. The molecule has 0 aromatic carbocycles. The largest absolute Gasteiger partial charge is 0.466 e. The summed E-state index contributed by atoms with van der Waals surface area (Å²) in [5.41, 5.74) is -0.909. The third-order valence-electron chi connectivity index (χ3n) is 1.10. The molecule has 0 aliphatic rings. The Bertz CT molecular complexity index is 210. The molecule has 4 radical (unpaired) electrons. The number of carbonyl (C=O) groups excluding carboxylic acids is 2. The highest BCUT2D eigenvalue weighted by molar-refractivity contribution is 6.47. The molecule has 0 aliphatic heterocycles. The van der Waals surface area contributed by atoms with Crippen LogP contribution in [0.25, 0.3) is 0 Å². The Kier molecular flexibility index (Phi) is 4.18. The molecule has 0 unspecified atom stereocenters. The zero-order valence-corrected chi connectivity index (χ0v) is 6.79. The van der Waals surface area contributed by atoms with Crippen molar-refractivity contribution in [3.63, 3.8) is 0 Å². The fourth-order valence-electron chi connectivity index (χ4n) is 0.440. The summed E-state index contributed by atoms with van der Waals surface area (Å²) < 4.78 is 8.44. The van der Waals surface area contributed by atoms with Gasteiger partial charge in [-0.2, -0.15) is 0 Å². The molecule has 60 valence electrons. The number of carbonyl (C=O) groups is 2. The SMILES string of the molecule is [B]/C(C(=O)OC)=C(/[B])C(=O)OC. The minimum absolute atomic E-state index is 0.454. The molecule has 0 saturated heterocycles. The van der Waals surface area contributed by atoms with Crippen LogP contribution in [0, 0.1) is 0 Å². The Morgan fingerprint density at radius 2 is 1.17 bits per heavy atom. The summed E-state index contributed by atoms with van der Waals surface area (Å²) in [5.74, 6) is -1.73. The summed E-state index contributed by atoms with van der Waals surface area (Å²) in [6.07, 6.45) is 0. The zero-order valence-electron chi connectivity index (χ0n) is 6.79. The van der Waals surface area contributed by atoms with E-state index in [1.807, 2.05) is 0 Å². The highest BCUT2D eigenvalue weighted by atomic mass is 16.5. The Hall–Kier alpha value is -1.19. The lowest BCUT2D eigenvalue weighted by Crippen LogP contribution is -2.14. The van der Waals surface area contributed by atoms with Crippen molar-refractivity contribution < 1.29 is 19.1 Å². The first-order valence-corrected chi connectivity index (χ1v) is 2.96. The summed E-state index contributed by atoms with van der Waals surface area (Å²) in [5, 5.41) is 0. The lowest BCUT2D eigenvalue weighted by molar-refractivity contribution is -0.138. The summed E-state index contributed by atoms with van der Waals surface area (Å²) in [4.78, 5) is 21.4. The maximum absolute atomic E-state index is 10.7. The van der Waals surface area contributed by atoms with E-state index in [-0.39, 0.29) is 0 Å². The highest BCUT2D eigenvalue weighted by Gasteiger charge is 2.12. The Balaban J connectivity index is 4.68. The fourth-order valence-corrected chi connectivity index (χ4v) is 0.440. The monoisotopic (exact) mass is 164 g/mol. The molecule has 0 atom stereocenters. The number of hydrogen-bond donors (Lipinski definition) is 0. The molecule has 0 aromatic heterocycles. The van der Waals surface area contributed by atoms with Gasteiger partial charge in [-0.3, -0.25) is 0 Å².